The molecule has 5 rings (SSSR count). The number of carbonyl (C=O) groups is 1. The third-order valence-electron chi connectivity index (χ3n) is 7.33. The lowest BCUT2D eigenvalue weighted by Crippen LogP contribution is -2.41. The molecule has 1 N–H and O–H groups in total. The Kier molecular flexibility index (Phi) is 7.89. The van der Waals surface area contributed by atoms with Crippen LogP contribution in [0.15, 0.2) is 47.0 Å². The lowest BCUT2D eigenvalue weighted by atomic mass is 9.71. The largest absolute Gasteiger partial charge is 0.488 e. The van der Waals surface area contributed by atoms with Crippen LogP contribution in [0.4, 0.5) is 9.18 Å². The number of fused-ring (bicyclic) bond motifs is 1. The minimum absolute atomic E-state index is 0.0268. The molecule has 218 valence electrons. The van der Waals surface area contributed by atoms with E-state index in [-0.39, 0.29) is 30.1 Å². The van der Waals surface area contributed by atoms with Gasteiger partial charge in [-0.15, -0.1) is 0 Å². The normalized spacial score (nSPS) is 17.1. The maximum atomic E-state index is 15.1. The fourth-order valence-corrected chi connectivity index (χ4v) is 5.29. The van der Waals surface area contributed by atoms with Crippen molar-refractivity contribution in [3.63, 3.8) is 0 Å². The zero-order valence-electron chi connectivity index (χ0n) is 24.4. The van der Waals surface area contributed by atoms with Gasteiger partial charge in [0.1, 0.15) is 23.6 Å². The minimum atomic E-state index is -0.762. The predicted octanol–water partition coefficient (Wildman–Crippen LogP) is 6.41. The molecule has 1 aliphatic heterocycles. The summed E-state index contributed by atoms with van der Waals surface area (Å²) in [7, 11) is 1.53. The van der Waals surface area contributed by atoms with Crippen LogP contribution in [0, 0.1) is 11.2 Å². The number of hydrogen-bond donors (Lipinski definition) is 1. The van der Waals surface area contributed by atoms with Gasteiger partial charge in [-0.3, -0.25) is 0 Å². The SMILES string of the molecule is COCCOc1cc2c(cc1F)c(-c1cc(-c3ccc(C4CCNCC4(C)C)cc3)no1)nn2C(=O)OC(C)(C)C. The number of aromatic nitrogens is 3. The molecular weight excluding hydrogens is 527 g/mol. The highest BCUT2D eigenvalue weighted by molar-refractivity contribution is 5.97. The van der Waals surface area contributed by atoms with E-state index in [2.05, 4.69) is 41.6 Å². The number of nitrogens with zero attached hydrogens (tertiary/aromatic N) is 3. The van der Waals surface area contributed by atoms with Gasteiger partial charge in [0.2, 0.25) is 0 Å². The maximum Gasteiger partial charge on any atom is 0.435 e. The summed E-state index contributed by atoms with van der Waals surface area (Å²) in [5, 5.41) is 12.6. The molecule has 2 aromatic carbocycles. The predicted molar refractivity (Wildman–Crippen MR) is 154 cm³/mol. The number of halogens is 1. The Hall–Kier alpha value is -3.76. The van der Waals surface area contributed by atoms with Gasteiger partial charge in [-0.05, 0) is 56.7 Å². The smallest absolute Gasteiger partial charge is 0.435 e. The quantitative estimate of drug-likeness (QED) is 0.257. The van der Waals surface area contributed by atoms with Crippen molar-refractivity contribution in [2.45, 2.75) is 52.6 Å². The number of ether oxygens (including phenoxy) is 3. The molecule has 1 saturated heterocycles. The molecule has 4 aromatic rings. The summed E-state index contributed by atoms with van der Waals surface area (Å²) in [5.74, 6) is 0.131. The second kappa shape index (κ2) is 11.3. The van der Waals surface area contributed by atoms with Crippen molar-refractivity contribution >= 4 is 17.0 Å². The Labute approximate surface area is 238 Å². The number of rotatable bonds is 7. The van der Waals surface area contributed by atoms with Gasteiger partial charge in [0.05, 0.1) is 12.1 Å². The molecule has 0 radical (unpaired) electrons. The number of hydrogen-bond acceptors (Lipinski definition) is 8. The molecule has 0 saturated carbocycles. The van der Waals surface area contributed by atoms with Crippen LogP contribution in [-0.2, 0) is 9.47 Å². The third-order valence-corrected chi connectivity index (χ3v) is 7.33. The molecule has 0 amide bonds. The van der Waals surface area contributed by atoms with E-state index >= 15 is 4.39 Å². The molecule has 3 heterocycles. The van der Waals surface area contributed by atoms with E-state index in [1.165, 1.54) is 24.8 Å². The standard InChI is InChI=1S/C31H37FN4O5/c1-30(2,3)40-29(37)36-25-17-26(39-14-13-38-6)23(32)15-21(25)28(34-36)27-16-24(35-41-27)20-9-7-19(8-10-20)22-11-12-33-18-31(22,4)5/h7-10,15-17,22,33H,11-14,18H2,1-6H3. The minimum Gasteiger partial charge on any atom is -0.488 e. The fraction of sp³-hybridized carbons (Fsp3) is 0.452. The van der Waals surface area contributed by atoms with Gasteiger partial charge in [-0.25, -0.2) is 9.18 Å². The monoisotopic (exact) mass is 564 g/mol. The van der Waals surface area contributed by atoms with Crippen molar-refractivity contribution < 1.29 is 27.9 Å². The number of piperidine rings is 1. The average Bonchev–Trinajstić information content (AvgIpc) is 3.53. The molecule has 1 fully saturated rings. The van der Waals surface area contributed by atoms with Gasteiger partial charge in [0, 0.05) is 36.7 Å². The van der Waals surface area contributed by atoms with Crippen molar-refractivity contribution in [1.82, 2.24) is 20.3 Å². The molecule has 0 bridgehead atoms. The highest BCUT2D eigenvalue weighted by Gasteiger charge is 2.33. The Morgan fingerprint density at radius 3 is 2.61 bits per heavy atom. The first-order chi connectivity index (χ1) is 19.5. The van der Waals surface area contributed by atoms with E-state index in [1.807, 2.05) is 12.1 Å². The van der Waals surface area contributed by atoms with Crippen molar-refractivity contribution in [3.05, 3.63) is 53.8 Å². The summed E-state index contributed by atoms with van der Waals surface area (Å²) in [6.07, 6.45) is 0.378. The first-order valence-electron chi connectivity index (χ1n) is 13.8. The molecule has 9 nitrogen and oxygen atoms in total. The number of benzene rings is 2. The van der Waals surface area contributed by atoms with Crippen LogP contribution in [0.1, 0.15) is 52.5 Å². The van der Waals surface area contributed by atoms with Crippen LogP contribution in [0.25, 0.3) is 33.6 Å². The first kappa shape index (κ1) is 28.8. The van der Waals surface area contributed by atoms with Gasteiger partial charge >= 0.3 is 6.09 Å². The molecule has 10 heteroatoms. The van der Waals surface area contributed by atoms with Gasteiger partial charge in [0.25, 0.3) is 0 Å². The molecule has 0 aliphatic carbocycles. The Morgan fingerprint density at radius 2 is 1.93 bits per heavy atom. The van der Waals surface area contributed by atoms with Crippen molar-refractivity contribution in [2.24, 2.45) is 5.41 Å². The molecule has 2 aromatic heterocycles. The van der Waals surface area contributed by atoms with E-state index in [9.17, 15) is 4.79 Å². The first-order valence-corrected chi connectivity index (χ1v) is 13.8. The van der Waals surface area contributed by atoms with E-state index in [0.29, 0.717) is 28.3 Å². The summed E-state index contributed by atoms with van der Waals surface area (Å²) in [6.45, 7) is 12.3. The van der Waals surface area contributed by atoms with Gasteiger partial charge in [0.15, 0.2) is 17.3 Å². The Bertz CT molecular complexity index is 1530. The molecule has 1 unspecified atom stereocenters. The fourth-order valence-electron chi connectivity index (χ4n) is 5.29. The highest BCUT2D eigenvalue weighted by atomic mass is 19.1. The molecular formula is C31H37FN4O5. The van der Waals surface area contributed by atoms with E-state index in [4.69, 9.17) is 18.7 Å². The average molecular weight is 565 g/mol. The van der Waals surface area contributed by atoms with Crippen LogP contribution in [0.3, 0.4) is 0 Å². The lowest BCUT2D eigenvalue weighted by molar-refractivity contribution is 0.0523. The summed E-state index contributed by atoms with van der Waals surface area (Å²) < 4.78 is 37.9. The summed E-state index contributed by atoms with van der Waals surface area (Å²) >= 11 is 0. The number of carbonyl (C=O) groups excluding carboxylic acids is 1. The lowest BCUT2D eigenvalue weighted by Gasteiger charge is -2.39. The van der Waals surface area contributed by atoms with Crippen LogP contribution in [-0.4, -0.2) is 60.0 Å². The number of nitrogens with one attached hydrogen (secondary N) is 1. The van der Waals surface area contributed by atoms with E-state index in [0.717, 1.165) is 29.8 Å². The van der Waals surface area contributed by atoms with Gasteiger partial charge in [-0.1, -0.05) is 43.3 Å². The van der Waals surface area contributed by atoms with Crippen molar-refractivity contribution in [2.75, 3.05) is 33.4 Å². The Morgan fingerprint density at radius 1 is 1.17 bits per heavy atom. The molecule has 0 spiro atoms. The highest BCUT2D eigenvalue weighted by Crippen LogP contribution is 2.40. The van der Waals surface area contributed by atoms with E-state index in [1.54, 1.807) is 26.8 Å². The second-order valence-corrected chi connectivity index (χ2v) is 12.1. The molecule has 41 heavy (non-hydrogen) atoms. The van der Waals surface area contributed by atoms with Crippen LogP contribution >= 0.6 is 0 Å². The number of methoxy groups -OCH3 is 1. The van der Waals surface area contributed by atoms with E-state index < -0.39 is 17.5 Å². The topological polar surface area (TPSA) is 101 Å². The van der Waals surface area contributed by atoms with Crippen molar-refractivity contribution in [3.8, 4) is 28.5 Å². The summed E-state index contributed by atoms with van der Waals surface area (Å²) in [5.41, 5.74) is 2.77. The van der Waals surface area contributed by atoms with Crippen LogP contribution < -0.4 is 10.1 Å². The maximum absolute atomic E-state index is 15.1. The van der Waals surface area contributed by atoms with Gasteiger partial charge < -0.3 is 24.1 Å². The van der Waals surface area contributed by atoms with Crippen LogP contribution in [0.2, 0.25) is 0 Å². The Balaban J connectivity index is 1.49. The summed E-state index contributed by atoms with van der Waals surface area (Å²) in [6, 6.07) is 12.8. The zero-order valence-corrected chi connectivity index (χ0v) is 24.4. The zero-order chi connectivity index (χ0) is 29.4. The second-order valence-electron chi connectivity index (χ2n) is 12.1. The van der Waals surface area contributed by atoms with Crippen LogP contribution in [0.5, 0.6) is 5.75 Å². The summed E-state index contributed by atoms with van der Waals surface area (Å²) in [4.78, 5) is 13.1. The molecule has 1 atom stereocenters. The third kappa shape index (κ3) is 6.13. The molecule has 1 aliphatic rings. The van der Waals surface area contributed by atoms with Gasteiger partial charge in [-0.2, -0.15) is 9.78 Å². The van der Waals surface area contributed by atoms with Crippen molar-refractivity contribution in [1.29, 1.82) is 0 Å².